The first kappa shape index (κ1) is 24.4. The molecule has 4 rings (SSSR count). The zero-order chi connectivity index (χ0) is 25.1. The summed E-state index contributed by atoms with van der Waals surface area (Å²) in [6.45, 7) is 3.06. The van der Waals surface area contributed by atoms with Gasteiger partial charge in [0.25, 0.3) is 12.3 Å². The minimum absolute atomic E-state index is 0.00915. The zero-order valence-corrected chi connectivity index (χ0v) is 19.3. The lowest BCUT2D eigenvalue weighted by molar-refractivity contribution is -0.142. The number of carbonyl (C=O) groups excluding carboxylic acids is 2. The van der Waals surface area contributed by atoms with E-state index in [4.69, 9.17) is 14.2 Å². The van der Waals surface area contributed by atoms with Gasteiger partial charge in [0.05, 0.1) is 37.4 Å². The number of benzene rings is 3. The summed E-state index contributed by atoms with van der Waals surface area (Å²) in [6, 6.07) is 11.0. The monoisotopic (exact) mass is 487 g/mol. The van der Waals surface area contributed by atoms with E-state index in [9.17, 15) is 18.4 Å². The zero-order valence-electron chi connectivity index (χ0n) is 19.3. The van der Waals surface area contributed by atoms with Crippen molar-refractivity contribution in [1.82, 2.24) is 0 Å². The summed E-state index contributed by atoms with van der Waals surface area (Å²) in [4.78, 5) is 26.5. The maximum absolute atomic E-state index is 15.1. The van der Waals surface area contributed by atoms with Crippen molar-refractivity contribution in [3.63, 3.8) is 0 Å². The highest BCUT2D eigenvalue weighted by molar-refractivity contribution is 6.17. The lowest BCUT2D eigenvalue weighted by Crippen LogP contribution is -2.24. The second-order valence-electron chi connectivity index (χ2n) is 7.85. The number of halogens is 3. The van der Waals surface area contributed by atoms with Gasteiger partial charge in [-0.05, 0) is 31.5 Å². The van der Waals surface area contributed by atoms with Gasteiger partial charge in [0, 0.05) is 16.3 Å². The summed E-state index contributed by atoms with van der Waals surface area (Å²) in [5.74, 6) is -1.33. The van der Waals surface area contributed by atoms with E-state index in [1.165, 1.54) is 17.0 Å². The molecule has 1 aliphatic heterocycles. The first-order chi connectivity index (χ1) is 16.8. The van der Waals surface area contributed by atoms with E-state index in [0.717, 1.165) is 0 Å². The van der Waals surface area contributed by atoms with E-state index in [0.29, 0.717) is 34.3 Å². The molecular weight excluding hydrogens is 463 g/mol. The van der Waals surface area contributed by atoms with Crippen LogP contribution in [-0.2, 0) is 22.5 Å². The van der Waals surface area contributed by atoms with Gasteiger partial charge >= 0.3 is 5.97 Å². The Balaban J connectivity index is 1.78. The fourth-order valence-corrected chi connectivity index (χ4v) is 4.23. The third-order valence-electron chi connectivity index (χ3n) is 5.59. The molecule has 0 radical (unpaired) electrons. The number of carbonyl (C=O) groups is 2. The Morgan fingerprint density at radius 1 is 1.03 bits per heavy atom. The van der Waals surface area contributed by atoms with E-state index < -0.39 is 30.7 Å². The Kier molecular flexibility index (Phi) is 7.14. The van der Waals surface area contributed by atoms with Crippen molar-refractivity contribution in [2.24, 2.45) is 0 Å². The SMILES string of the molecule is CCOC(=O)Cc1ccc(N2Cc3c(c(OCC(F)F)c4ccccc4c3OCC)C2=O)c(F)c1. The van der Waals surface area contributed by atoms with Crippen LogP contribution < -0.4 is 14.4 Å². The quantitative estimate of drug-likeness (QED) is 0.384. The van der Waals surface area contributed by atoms with E-state index in [1.807, 2.05) is 0 Å². The van der Waals surface area contributed by atoms with Gasteiger partial charge in [-0.25, -0.2) is 13.2 Å². The summed E-state index contributed by atoms with van der Waals surface area (Å²) in [5.41, 5.74) is 0.901. The number of nitrogens with zero attached hydrogens (tertiary/aromatic N) is 1. The number of amides is 1. The Bertz CT molecular complexity index is 1280. The third kappa shape index (κ3) is 4.76. The highest BCUT2D eigenvalue weighted by Gasteiger charge is 2.38. The normalized spacial score (nSPS) is 12.9. The Hall–Kier alpha value is -3.75. The number of rotatable bonds is 9. The number of alkyl halides is 2. The molecule has 0 aliphatic carbocycles. The maximum Gasteiger partial charge on any atom is 0.310 e. The molecule has 0 bridgehead atoms. The van der Waals surface area contributed by atoms with Crippen LogP contribution in [0.2, 0.25) is 0 Å². The lowest BCUT2D eigenvalue weighted by Gasteiger charge is -2.17. The van der Waals surface area contributed by atoms with Gasteiger partial charge in [0.2, 0.25) is 0 Å². The minimum Gasteiger partial charge on any atom is -0.493 e. The largest absolute Gasteiger partial charge is 0.493 e. The molecule has 35 heavy (non-hydrogen) atoms. The van der Waals surface area contributed by atoms with E-state index >= 15 is 4.39 Å². The molecule has 6 nitrogen and oxygen atoms in total. The van der Waals surface area contributed by atoms with Crippen LogP contribution in [0.15, 0.2) is 42.5 Å². The smallest absolute Gasteiger partial charge is 0.310 e. The number of hydrogen-bond donors (Lipinski definition) is 0. The van der Waals surface area contributed by atoms with Crippen LogP contribution in [0.4, 0.5) is 18.9 Å². The molecule has 0 fully saturated rings. The molecule has 0 saturated heterocycles. The van der Waals surface area contributed by atoms with Crippen molar-refractivity contribution in [2.75, 3.05) is 24.7 Å². The number of anilines is 1. The first-order valence-corrected chi connectivity index (χ1v) is 11.2. The summed E-state index contributed by atoms with van der Waals surface area (Å²) in [6.07, 6.45) is -2.85. The van der Waals surface area contributed by atoms with E-state index in [-0.39, 0.29) is 36.6 Å². The van der Waals surface area contributed by atoms with Crippen molar-refractivity contribution in [3.05, 3.63) is 65.0 Å². The lowest BCUT2D eigenvalue weighted by atomic mass is 9.99. The Morgan fingerprint density at radius 2 is 1.74 bits per heavy atom. The summed E-state index contributed by atoms with van der Waals surface area (Å²) >= 11 is 0. The van der Waals surface area contributed by atoms with Crippen LogP contribution in [0.25, 0.3) is 10.8 Å². The van der Waals surface area contributed by atoms with Gasteiger partial charge in [-0.15, -0.1) is 0 Å². The predicted octanol–water partition coefficient (Wildman–Crippen LogP) is 5.29. The average Bonchev–Trinajstić information content (AvgIpc) is 3.15. The molecule has 0 spiro atoms. The number of hydrogen-bond acceptors (Lipinski definition) is 5. The second kappa shape index (κ2) is 10.2. The van der Waals surface area contributed by atoms with Gasteiger partial charge in [0.1, 0.15) is 23.9 Å². The fourth-order valence-electron chi connectivity index (χ4n) is 4.23. The second-order valence-corrected chi connectivity index (χ2v) is 7.85. The molecule has 0 saturated carbocycles. The van der Waals surface area contributed by atoms with Crippen LogP contribution in [0.5, 0.6) is 11.5 Å². The van der Waals surface area contributed by atoms with E-state index in [1.54, 1.807) is 44.2 Å². The fraction of sp³-hybridized carbons (Fsp3) is 0.308. The maximum atomic E-state index is 15.1. The molecule has 3 aromatic rings. The molecule has 1 amide bonds. The van der Waals surface area contributed by atoms with Gasteiger partial charge in [0.15, 0.2) is 0 Å². The van der Waals surface area contributed by atoms with Crippen LogP contribution in [0, 0.1) is 5.82 Å². The van der Waals surface area contributed by atoms with Crippen molar-refractivity contribution < 1.29 is 37.0 Å². The first-order valence-electron chi connectivity index (χ1n) is 11.2. The van der Waals surface area contributed by atoms with Crippen molar-refractivity contribution >= 4 is 28.3 Å². The molecule has 0 unspecified atom stereocenters. The molecule has 0 atom stereocenters. The summed E-state index contributed by atoms with van der Waals surface area (Å²) in [7, 11) is 0. The van der Waals surface area contributed by atoms with E-state index in [2.05, 4.69) is 0 Å². The molecule has 3 aromatic carbocycles. The van der Waals surface area contributed by atoms with Gasteiger partial charge in [-0.3, -0.25) is 9.59 Å². The van der Waals surface area contributed by atoms with Gasteiger partial charge in [-0.1, -0.05) is 30.3 Å². The minimum atomic E-state index is -2.74. The molecule has 0 aromatic heterocycles. The average molecular weight is 487 g/mol. The van der Waals surface area contributed by atoms with Gasteiger partial charge < -0.3 is 19.1 Å². The third-order valence-corrected chi connectivity index (χ3v) is 5.59. The van der Waals surface area contributed by atoms with Crippen molar-refractivity contribution in [2.45, 2.75) is 33.2 Å². The molecule has 184 valence electrons. The Morgan fingerprint density at radius 3 is 2.37 bits per heavy atom. The highest BCUT2D eigenvalue weighted by atomic mass is 19.3. The predicted molar refractivity (Wildman–Crippen MR) is 124 cm³/mol. The number of esters is 1. The van der Waals surface area contributed by atoms with Crippen molar-refractivity contribution in [1.29, 1.82) is 0 Å². The topological polar surface area (TPSA) is 65.1 Å². The van der Waals surface area contributed by atoms with Crippen LogP contribution in [0.1, 0.15) is 35.3 Å². The standard InChI is InChI=1S/C26H24F3NO5/c1-3-33-22(31)12-15-9-10-20(19(27)11-15)30-13-18-23(26(30)32)25(35-14-21(28)29)17-8-6-5-7-16(17)24(18)34-4-2/h5-11,21H,3-4,12-14H2,1-2H3. The molecule has 1 aliphatic rings. The molecule has 1 heterocycles. The van der Waals surface area contributed by atoms with Crippen molar-refractivity contribution in [3.8, 4) is 11.5 Å². The summed E-state index contributed by atoms with van der Waals surface area (Å²) in [5, 5.41) is 1.06. The molecule has 9 heteroatoms. The van der Waals surface area contributed by atoms with Crippen LogP contribution >= 0.6 is 0 Å². The van der Waals surface area contributed by atoms with Crippen LogP contribution in [0.3, 0.4) is 0 Å². The Labute approximate surface area is 200 Å². The molecular formula is C26H24F3NO5. The number of fused-ring (bicyclic) bond motifs is 2. The van der Waals surface area contributed by atoms with Gasteiger partial charge in [-0.2, -0.15) is 0 Å². The molecule has 0 N–H and O–H groups in total. The van der Waals surface area contributed by atoms with Crippen LogP contribution in [-0.4, -0.2) is 38.1 Å². The highest BCUT2D eigenvalue weighted by Crippen LogP contribution is 2.46. The summed E-state index contributed by atoms with van der Waals surface area (Å²) < 4.78 is 57.3. The number of ether oxygens (including phenoxy) is 3.